The molecule has 160 valence electrons. The number of anilines is 1. The molecule has 0 amide bonds. The van der Waals surface area contributed by atoms with E-state index in [-0.39, 0.29) is 12.6 Å². The van der Waals surface area contributed by atoms with Gasteiger partial charge in [0.05, 0.1) is 0 Å². The molecule has 0 atom stereocenters. The number of nitrogen functional groups attached to an aromatic ring is 1. The zero-order valence-electron chi connectivity index (χ0n) is 16.9. The molecule has 0 bridgehead atoms. The van der Waals surface area contributed by atoms with Gasteiger partial charge in [-0.25, -0.2) is 4.98 Å². The molecule has 0 spiro atoms. The first-order chi connectivity index (χ1) is 14.4. The number of imidazole rings is 1. The third-order valence-electron chi connectivity index (χ3n) is 4.92. The van der Waals surface area contributed by atoms with Gasteiger partial charge in [0.15, 0.2) is 28.5 Å². The highest BCUT2D eigenvalue weighted by Crippen LogP contribution is 2.36. The van der Waals surface area contributed by atoms with Crippen LogP contribution in [-0.4, -0.2) is 38.9 Å². The van der Waals surface area contributed by atoms with Crippen LogP contribution in [0.15, 0.2) is 12.1 Å². The smallest absolute Gasteiger partial charge is 0.312 e. The maximum atomic E-state index is 13.9. The number of benzene rings is 1. The van der Waals surface area contributed by atoms with E-state index >= 15 is 0 Å². The lowest BCUT2D eigenvalue weighted by molar-refractivity contribution is 0.174. The van der Waals surface area contributed by atoms with Crippen LogP contribution < -0.4 is 20.5 Å². The molecule has 1 aromatic carbocycles. The van der Waals surface area contributed by atoms with E-state index < -0.39 is 6.08 Å². The van der Waals surface area contributed by atoms with Gasteiger partial charge in [0, 0.05) is 22.6 Å². The van der Waals surface area contributed by atoms with Gasteiger partial charge in [-0.1, -0.05) is 13.8 Å². The number of ether oxygens (including phenoxy) is 2. The lowest BCUT2D eigenvalue weighted by atomic mass is 10.1. The number of nitrogens with one attached hydrogen (secondary N) is 1. The largest absolute Gasteiger partial charge is 0.454 e. The number of aromatic nitrogens is 4. The van der Waals surface area contributed by atoms with E-state index in [1.807, 2.05) is 16.7 Å². The summed E-state index contributed by atoms with van der Waals surface area (Å²) in [5.41, 5.74) is 7.84. The Bertz CT molecular complexity index is 1070. The van der Waals surface area contributed by atoms with Crippen molar-refractivity contribution in [3.8, 4) is 11.5 Å². The predicted octanol–water partition coefficient (Wildman–Crippen LogP) is 3.25. The zero-order valence-corrected chi connectivity index (χ0v) is 19.1. The standard InChI is InChI=1S/C20H24FIN6O2/c1-11(2)24-5-3-4-6-28-16(25-17-18(23)26-20(21)27-19(17)28)8-12-7-14-15(9-13(12)22)30-10-29-14/h7,9,11,24H,3-6,8,10H2,1-2H3,(H2,23,26,27). The average Bonchev–Trinajstić information content (AvgIpc) is 3.26. The van der Waals surface area contributed by atoms with Crippen molar-refractivity contribution in [2.75, 3.05) is 19.1 Å². The highest BCUT2D eigenvalue weighted by Gasteiger charge is 2.20. The van der Waals surface area contributed by atoms with Gasteiger partial charge >= 0.3 is 6.08 Å². The van der Waals surface area contributed by atoms with Crippen molar-refractivity contribution in [3.63, 3.8) is 0 Å². The van der Waals surface area contributed by atoms with Crippen LogP contribution in [0, 0.1) is 9.65 Å². The van der Waals surface area contributed by atoms with Crippen LogP contribution in [0.2, 0.25) is 0 Å². The molecule has 0 unspecified atom stereocenters. The number of fused-ring (bicyclic) bond motifs is 2. The number of unbranched alkanes of at least 4 members (excludes halogenated alkanes) is 1. The van der Waals surface area contributed by atoms with Gasteiger partial charge in [-0.05, 0) is 59.7 Å². The molecule has 0 saturated heterocycles. The average molecular weight is 526 g/mol. The Labute approximate surface area is 187 Å². The molecule has 10 heteroatoms. The number of nitrogens with zero attached hydrogens (tertiary/aromatic N) is 4. The Morgan fingerprint density at radius 2 is 1.97 bits per heavy atom. The second-order valence-electron chi connectivity index (χ2n) is 7.52. The number of aryl methyl sites for hydroxylation is 1. The highest BCUT2D eigenvalue weighted by atomic mass is 127. The summed E-state index contributed by atoms with van der Waals surface area (Å²) in [6.07, 6.45) is 1.59. The van der Waals surface area contributed by atoms with Crippen LogP contribution in [0.4, 0.5) is 10.2 Å². The second-order valence-corrected chi connectivity index (χ2v) is 8.68. The van der Waals surface area contributed by atoms with Crippen LogP contribution in [0.3, 0.4) is 0 Å². The van der Waals surface area contributed by atoms with Gasteiger partial charge < -0.3 is 25.1 Å². The topological polar surface area (TPSA) is 100 Å². The number of rotatable bonds is 8. The van der Waals surface area contributed by atoms with Crippen molar-refractivity contribution in [2.24, 2.45) is 0 Å². The van der Waals surface area contributed by atoms with Gasteiger partial charge in [-0.2, -0.15) is 14.4 Å². The zero-order chi connectivity index (χ0) is 21.3. The predicted molar refractivity (Wildman–Crippen MR) is 120 cm³/mol. The molecule has 0 fully saturated rings. The van der Waals surface area contributed by atoms with E-state index in [1.54, 1.807) is 0 Å². The molecular weight excluding hydrogens is 502 g/mol. The Morgan fingerprint density at radius 1 is 1.20 bits per heavy atom. The summed E-state index contributed by atoms with van der Waals surface area (Å²) < 4.78 is 27.8. The Balaban J connectivity index is 1.64. The molecular formula is C20H24FIN6O2. The van der Waals surface area contributed by atoms with Crippen molar-refractivity contribution < 1.29 is 13.9 Å². The third kappa shape index (κ3) is 4.43. The molecule has 3 N–H and O–H groups in total. The molecule has 1 aliphatic heterocycles. The minimum absolute atomic E-state index is 0.0550. The van der Waals surface area contributed by atoms with Crippen LogP contribution in [0.25, 0.3) is 11.2 Å². The first kappa shape index (κ1) is 21.0. The van der Waals surface area contributed by atoms with E-state index in [9.17, 15) is 4.39 Å². The molecule has 2 aromatic heterocycles. The fourth-order valence-corrected chi connectivity index (χ4v) is 4.09. The Hall–Kier alpha value is -2.21. The molecule has 30 heavy (non-hydrogen) atoms. The molecule has 4 rings (SSSR count). The van der Waals surface area contributed by atoms with Crippen molar-refractivity contribution in [1.82, 2.24) is 24.8 Å². The highest BCUT2D eigenvalue weighted by molar-refractivity contribution is 14.1. The number of hydrogen-bond donors (Lipinski definition) is 2. The van der Waals surface area contributed by atoms with Gasteiger partial charge in [0.2, 0.25) is 6.79 Å². The van der Waals surface area contributed by atoms with E-state index in [0.717, 1.165) is 45.8 Å². The van der Waals surface area contributed by atoms with Crippen LogP contribution in [-0.2, 0) is 13.0 Å². The van der Waals surface area contributed by atoms with E-state index in [2.05, 4.69) is 56.7 Å². The minimum atomic E-state index is -0.841. The van der Waals surface area contributed by atoms with Crippen molar-refractivity contribution in [3.05, 3.63) is 33.2 Å². The molecule has 8 nitrogen and oxygen atoms in total. The fraction of sp³-hybridized carbons (Fsp3) is 0.450. The molecule has 0 radical (unpaired) electrons. The number of nitrogens with two attached hydrogens (primary N) is 1. The summed E-state index contributed by atoms with van der Waals surface area (Å²) >= 11 is 2.27. The normalized spacial score (nSPS) is 13.0. The molecule has 3 aromatic rings. The maximum Gasteiger partial charge on any atom is 0.312 e. The number of hydrogen-bond acceptors (Lipinski definition) is 7. The van der Waals surface area contributed by atoms with E-state index in [4.69, 9.17) is 15.2 Å². The van der Waals surface area contributed by atoms with E-state index in [0.29, 0.717) is 30.2 Å². The van der Waals surface area contributed by atoms with Gasteiger partial charge in [0.25, 0.3) is 0 Å². The van der Waals surface area contributed by atoms with Crippen molar-refractivity contribution >= 4 is 39.6 Å². The van der Waals surface area contributed by atoms with E-state index in [1.165, 1.54) is 0 Å². The molecule has 0 saturated carbocycles. The quantitative estimate of drug-likeness (QED) is 0.264. The summed E-state index contributed by atoms with van der Waals surface area (Å²) in [6.45, 7) is 6.06. The summed E-state index contributed by atoms with van der Waals surface area (Å²) in [5.74, 6) is 2.29. The maximum absolute atomic E-state index is 13.9. The summed E-state index contributed by atoms with van der Waals surface area (Å²) in [7, 11) is 0. The SMILES string of the molecule is CC(C)NCCCCn1c(Cc2cc3c(cc2I)OCO3)nc2c(N)nc(F)nc21. The molecule has 0 aliphatic carbocycles. The fourth-order valence-electron chi connectivity index (χ4n) is 3.46. The first-order valence-electron chi connectivity index (χ1n) is 9.92. The molecule has 1 aliphatic rings. The van der Waals surface area contributed by atoms with Crippen molar-refractivity contribution in [2.45, 2.75) is 45.7 Å². The lowest BCUT2D eigenvalue weighted by Crippen LogP contribution is -2.23. The minimum Gasteiger partial charge on any atom is -0.454 e. The van der Waals surface area contributed by atoms with Gasteiger partial charge in [-0.3, -0.25) is 0 Å². The summed E-state index contributed by atoms with van der Waals surface area (Å²) in [6, 6.07) is 4.37. The Morgan fingerprint density at radius 3 is 2.73 bits per heavy atom. The van der Waals surface area contributed by atoms with Crippen LogP contribution in [0.5, 0.6) is 11.5 Å². The second kappa shape index (κ2) is 8.88. The monoisotopic (exact) mass is 526 g/mol. The lowest BCUT2D eigenvalue weighted by Gasteiger charge is -2.11. The van der Waals surface area contributed by atoms with Gasteiger partial charge in [-0.15, -0.1) is 0 Å². The molecule has 3 heterocycles. The summed E-state index contributed by atoms with van der Waals surface area (Å²) in [5, 5.41) is 3.41. The Kier molecular flexibility index (Phi) is 6.23. The van der Waals surface area contributed by atoms with Crippen LogP contribution >= 0.6 is 22.6 Å². The van der Waals surface area contributed by atoms with Gasteiger partial charge in [0.1, 0.15) is 5.82 Å². The first-order valence-corrected chi connectivity index (χ1v) is 11.0. The third-order valence-corrected chi connectivity index (χ3v) is 5.93. The summed E-state index contributed by atoms with van der Waals surface area (Å²) in [4.78, 5) is 12.3. The number of halogens is 2. The van der Waals surface area contributed by atoms with Crippen LogP contribution in [0.1, 0.15) is 38.1 Å². The van der Waals surface area contributed by atoms with Crippen molar-refractivity contribution in [1.29, 1.82) is 0 Å².